The number of esters is 1. The summed E-state index contributed by atoms with van der Waals surface area (Å²) in [6, 6.07) is 7.08. The molecule has 1 unspecified atom stereocenters. The van der Waals surface area contributed by atoms with Gasteiger partial charge in [-0.25, -0.2) is 0 Å². The van der Waals surface area contributed by atoms with Gasteiger partial charge in [0.1, 0.15) is 18.4 Å². The fourth-order valence-corrected chi connectivity index (χ4v) is 1.48. The molecular weight excluding hydrogens is 234 g/mol. The summed E-state index contributed by atoms with van der Waals surface area (Å²) in [5, 5.41) is 2.84. The van der Waals surface area contributed by atoms with Crippen molar-refractivity contribution >= 4 is 5.97 Å². The Morgan fingerprint density at radius 1 is 1.39 bits per heavy atom. The highest BCUT2D eigenvalue weighted by atomic mass is 16.5. The molecule has 1 N–H and O–H groups in total. The van der Waals surface area contributed by atoms with Gasteiger partial charge in [-0.3, -0.25) is 4.79 Å². The van der Waals surface area contributed by atoms with Gasteiger partial charge in [0.25, 0.3) is 0 Å². The lowest BCUT2D eigenvalue weighted by atomic mass is 10.2. The highest BCUT2D eigenvalue weighted by Crippen LogP contribution is 2.14. The van der Waals surface area contributed by atoms with Crippen LogP contribution in [0.5, 0.6) is 5.75 Å². The second kappa shape index (κ2) is 7.68. The van der Waals surface area contributed by atoms with E-state index in [0.717, 1.165) is 5.56 Å². The summed E-state index contributed by atoms with van der Waals surface area (Å²) in [5.41, 5.74) is 1.02. The molecule has 0 aromatic heterocycles. The molecule has 0 aliphatic carbocycles. The van der Waals surface area contributed by atoms with Crippen LogP contribution in [0.4, 0.5) is 0 Å². The van der Waals surface area contributed by atoms with E-state index in [-0.39, 0.29) is 12.6 Å². The molecule has 100 valence electrons. The second-order valence-electron chi connectivity index (χ2n) is 3.76. The van der Waals surface area contributed by atoms with E-state index in [4.69, 9.17) is 9.47 Å². The third kappa shape index (κ3) is 4.35. The van der Waals surface area contributed by atoms with Crippen LogP contribution in [0.2, 0.25) is 0 Å². The highest BCUT2D eigenvalue weighted by molar-refractivity contribution is 5.75. The highest BCUT2D eigenvalue weighted by Gasteiger charge is 2.17. The van der Waals surface area contributed by atoms with Crippen molar-refractivity contribution in [2.75, 3.05) is 27.9 Å². The van der Waals surface area contributed by atoms with Gasteiger partial charge in [-0.1, -0.05) is 12.1 Å². The van der Waals surface area contributed by atoms with E-state index in [0.29, 0.717) is 12.4 Å². The molecule has 0 aliphatic heterocycles. The van der Waals surface area contributed by atoms with Gasteiger partial charge in [0, 0.05) is 7.11 Å². The second-order valence-corrected chi connectivity index (χ2v) is 3.76. The van der Waals surface area contributed by atoms with Crippen molar-refractivity contribution in [3.8, 4) is 5.75 Å². The van der Waals surface area contributed by atoms with Crippen LogP contribution < -0.4 is 10.1 Å². The Labute approximate surface area is 107 Å². The first-order valence-electron chi connectivity index (χ1n) is 5.67. The van der Waals surface area contributed by atoms with E-state index < -0.39 is 6.04 Å². The van der Waals surface area contributed by atoms with Crippen molar-refractivity contribution in [2.24, 2.45) is 0 Å². The zero-order valence-corrected chi connectivity index (χ0v) is 10.9. The van der Waals surface area contributed by atoms with Crippen LogP contribution in [0, 0.1) is 0 Å². The lowest BCUT2D eigenvalue weighted by Crippen LogP contribution is -2.40. The zero-order valence-electron chi connectivity index (χ0n) is 10.9. The maximum Gasteiger partial charge on any atom is 0.326 e. The molecule has 5 nitrogen and oxygen atoms in total. The molecule has 0 bridgehead atoms. The molecular formula is C13H19NO4. The molecule has 0 saturated carbocycles. The predicted molar refractivity (Wildman–Crippen MR) is 67.5 cm³/mol. The van der Waals surface area contributed by atoms with E-state index in [1.54, 1.807) is 14.2 Å². The summed E-state index contributed by atoms with van der Waals surface area (Å²) in [4.78, 5) is 11.3. The van der Waals surface area contributed by atoms with Gasteiger partial charge in [-0.05, 0) is 24.7 Å². The van der Waals surface area contributed by atoms with Gasteiger partial charge in [-0.2, -0.15) is 0 Å². The largest absolute Gasteiger partial charge is 0.491 e. The number of benzene rings is 1. The average molecular weight is 253 g/mol. The molecule has 18 heavy (non-hydrogen) atoms. The predicted octanol–water partition coefficient (Wildman–Crippen LogP) is 0.973. The Morgan fingerprint density at radius 2 is 2.17 bits per heavy atom. The minimum absolute atomic E-state index is 0.222. The third-order valence-corrected chi connectivity index (χ3v) is 2.46. The van der Waals surface area contributed by atoms with Crippen LogP contribution in [0.15, 0.2) is 24.3 Å². The number of nitrogens with one attached hydrogen (secondary N) is 1. The summed E-state index contributed by atoms with van der Waals surface area (Å²) in [6.45, 7) is 0.753. The van der Waals surface area contributed by atoms with Crippen LogP contribution in [-0.4, -0.2) is 39.9 Å². The average Bonchev–Trinajstić information content (AvgIpc) is 2.40. The Balaban J connectivity index is 2.56. The first-order chi connectivity index (χ1) is 8.71. The Morgan fingerprint density at radius 3 is 2.78 bits per heavy atom. The Hall–Kier alpha value is -1.59. The lowest BCUT2D eigenvalue weighted by Gasteiger charge is -2.15. The molecule has 1 rings (SSSR count). The normalized spacial score (nSPS) is 11.9. The monoisotopic (exact) mass is 253 g/mol. The smallest absolute Gasteiger partial charge is 0.326 e. The molecule has 0 radical (unpaired) electrons. The zero-order chi connectivity index (χ0) is 13.4. The number of hydrogen-bond acceptors (Lipinski definition) is 5. The number of rotatable bonds is 7. The van der Waals surface area contributed by atoms with Crippen LogP contribution in [-0.2, 0) is 20.9 Å². The number of carbonyl (C=O) groups is 1. The fourth-order valence-electron chi connectivity index (χ4n) is 1.48. The van der Waals surface area contributed by atoms with Crippen molar-refractivity contribution in [3.05, 3.63) is 29.8 Å². The van der Waals surface area contributed by atoms with Crippen LogP contribution in [0.25, 0.3) is 0 Å². The van der Waals surface area contributed by atoms with E-state index in [2.05, 4.69) is 10.1 Å². The fraction of sp³-hybridized carbons (Fsp3) is 0.462. The quantitative estimate of drug-likeness (QED) is 0.734. The molecule has 0 aliphatic rings. The SMILES string of the molecule is CNC(COc1cccc(COC)c1)C(=O)OC. The summed E-state index contributed by atoms with van der Waals surface area (Å²) in [5.74, 6) is 0.360. The van der Waals surface area contributed by atoms with Gasteiger partial charge in [-0.15, -0.1) is 0 Å². The van der Waals surface area contributed by atoms with Crippen LogP contribution >= 0.6 is 0 Å². The molecule has 1 atom stereocenters. The summed E-state index contributed by atoms with van der Waals surface area (Å²) in [7, 11) is 4.68. The van der Waals surface area contributed by atoms with E-state index in [1.807, 2.05) is 24.3 Å². The molecule has 0 fully saturated rings. The first-order valence-corrected chi connectivity index (χ1v) is 5.67. The number of carbonyl (C=O) groups excluding carboxylic acids is 1. The van der Waals surface area contributed by atoms with Gasteiger partial charge < -0.3 is 19.5 Å². The van der Waals surface area contributed by atoms with Crippen LogP contribution in [0.3, 0.4) is 0 Å². The molecule has 1 aromatic rings. The Kier molecular flexibility index (Phi) is 6.18. The standard InChI is InChI=1S/C13H19NO4/c1-14-12(13(15)17-3)9-18-11-6-4-5-10(7-11)8-16-2/h4-7,12,14H,8-9H2,1-3H3. The van der Waals surface area contributed by atoms with Gasteiger partial charge in [0.15, 0.2) is 0 Å². The lowest BCUT2D eigenvalue weighted by molar-refractivity contribution is -0.143. The van der Waals surface area contributed by atoms with Crippen molar-refractivity contribution in [1.29, 1.82) is 0 Å². The van der Waals surface area contributed by atoms with Gasteiger partial charge in [0.05, 0.1) is 13.7 Å². The van der Waals surface area contributed by atoms with Crippen molar-refractivity contribution < 1.29 is 19.0 Å². The van der Waals surface area contributed by atoms with Gasteiger partial charge in [0.2, 0.25) is 0 Å². The van der Waals surface area contributed by atoms with E-state index in [1.165, 1.54) is 7.11 Å². The van der Waals surface area contributed by atoms with Gasteiger partial charge >= 0.3 is 5.97 Å². The van der Waals surface area contributed by atoms with Crippen molar-refractivity contribution in [3.63, 3.8) is 0 Å². The summed E-state index contributed by atoms with van der Waals surface area (Å²) >= 11 is 0. The Bertz CT molecular complexity index is 381. The number of ether oxygens (including phenoxy) is 3. The first kappa shape index (κ1) is 14.5. The van der Waals surface area contributed by atoms with Crippen molar-refractivity contribution in [2.45, 2.75) is 12.6 Å². The van der Waals surface area contributed by atoms with E-state index >= 15 is 0 Å². The molecule has 1 aromatic carbocycles. The van der Waals surface area contributed by atoms with Crippen molar-refractivity contribution in [1.82, 2.24) is 5.32 Å². The minimum Gasteiger partial charge on any atom is -0.491 e. The molecule has 0 saturated heterocycles. The third-order valence-electron chi connectivity index (χ3n) is 2.46. The number of hydrogen-bond donors (Lipinski definition) is 1. The molecule has 0 heterocycles. The topological polar surface area (TPSA) is 56.8 Å². The molecule has 0 amide bonds. The maximum absolute atomic E-state index is 11.3. The summed E-state index contributed by atoms with van der Waals surface area (Å²) in [6.07, 6.45) is 0. The summed E-state index contributed by atoms with van der Waals surface area (Å²) < 4.78 is 15.2. The van der Waals surface area contributed by atoms with Crippen LogP contribution in [0.1, 0.15) is 5.56 Å². The number of likely N-dealkylation sites (N-methyl/N-ethyl adjacent to an activating group) is 1. The molecule has 0 spiro atoms. The minimum atomic E-state index is -0.471. The van der Waals surface area contributed by atoms with E-state index in [9.17, 15) is 4.79 Å². The maximum atomic E-state index is 11.3. The molecule has 5 heteroatoms. The number of methoxy groups -OCH3 is 2.